The second-order valence-electron chi connectivity index (χ2n) is 6.24. The van der Waals surface area contributed by atoms with Crippen LogP contribution in [0.5, 0.6) is 0 Å². The van der Waals surface area contributed by atoms with Crippen LogP contribution in [0.2, 0.25) is 5.02 Å². The van der Waals surface area contributed by atoms with Gasteiger partial charge in [0, 0.05) is 17.0 Å². The average molecular weight is 396 g/mol. The fourth-order valence-electron chi connectivity index (χ4n) is 3.02. The van der Waals surface area contributed by atoms with Gasteiger partial charge in [0.25, 0.3) is 0 Å². The Hall–Kier alpha value is -2.50. The highest BCUT2D eigenvalue weighted by Crippen LogP contribution is 2.36. The Kier molecular flexibility index (Phi) is 5.32. The van der Waals surface area contributed by atoms with Crippen LogP contribution in [-0.2, 0) is 11.2 Å². The Bertz CT molecular complexity index is 1010. The van der Waals surface area contributed by atoms with E-state index in [0.717, 1.165) is 44.3 Å². The zero-order valence-corrected chi connectivity index (χ0v) is 16.1. The van der Waals surface area contributed by atoms with Gasteiger partial charge in [-0.1, -0.05) is 59.8 Å². The maximum Gasteiger partial charge on any atom is 0.230 e. The van der Waals surface area contributed by atoms with Crippen molar-refractivity contribution in [3.63, 3.8) is 0 Å². The molecule has 1 amide bonds. The molecule has 0 saturated heterocycles. The summed E-state index contributed by atoms with van der Waals surface area (Å²) in [4.78, 5) is 16.8. The lowest BCUT2D eigenvalue weighted by molar-refractivity contribution is -0.118. The van der Waals surface area contributed by atoms with Crippen molar-refractivity contribution >= 4 is 56.6 Å². The number of hydrogen-bond acceptors (Lipinski definition) is 4. The Balaban J connectivity index is 1.31. The number of carbonyl (C=O) groups excluding carboxylic acids is 1. The molecule has 0 fully saturated rings. The monoisotopic (exact) mass is 395 g/mol. The molecule has 1 aliphatic rings. The van der Waals surface area contributed by atoms with Gasteiger partial charge in [0.1, 0.15) is 0 Å². The van der Waals surface area contributed by atoms with Crippen LogP contribution < -0.4 is 10.6 Å². The molecule has 3 aromatic carbocycles. The number of nitrogens with zero attached hydrogens (tertiary/aromatic N) is 1. The molecule has 0 spiro atoms. The molecule has 4 nitrogen and oxygen atoms in total. The standard InChI is InChI=1S/C21H18ClN3OS/c22-16-9-7-14(8-10-16)11-12-23-19(26)13-27-21-24-17-5-1-3-15-4-2-6-18(25-21)20(15)17/h1-10H,11-13H2,(H,23,26)(H,24,25). The molecule has 0 aromatic heterocycles. The molecule has 136 valence electrons. The number of aliphatic imine (C=N–C) groups is 1. The van der Waals surface area contributed by atoms with E-state index in [0.29, 0.717) is 12.3 Å². The first-order valence-corrected chi connectivity index (χ1v) is 10.1. The van der Waals surface area contributed by atoms with Crippen LogP contribution >= 0.6 is 23.4 Å². The highest BCUT2D eigenvalue weighted by Gasteiger charge is 2.15. The number of amidine groups is 1. The topological polar surface area (TPSA) is 53.5 Å². The van der Waals surface area contributed by atoms with E-state index in [2.05, 4.69) is 27.8 Å². The van der Waals surface area contributed by atoms with Crippen LogP contribution in [0.25, 0.3) is 10.8 Å². The van der Waals surface area contributed by atoms with Gasteiger partial charge in [-0.15, -0.1) is 0 Å². The summed E-state index contributed by atoms with van der Waals surface area (Å²) in [5.74, 6) is 0.320. The first-order chi connectivity index (χ1) is 13.2. The molecule has 0 atom stereocenters. The molecule has 0 radical (unpaired) electrons. The lowest BCUT2D eigenvalue weighted by Crippen LogP contribution is -2.28. The summed E-state index contributed by atoms with van der Waals surface area (Å²) in [7, 11) is 0. The summed E-state index contributed by atoms with van der Waals surface area (Å²) < 4.78 is 0. The van der Waals surface area contributed by atoms with Gasteiger partial charge in [0.05, 0.1) is 17.1 Å². The number of anilines is 1. The minimum Gasteiger partial charge on any atom is -0.355 e. The molecule has 0 unspecified atom stereocenters. The van der Waals surface area contributed by atoms with Crippen LogP contribution in [0.15, 0.2) is 65.7 Å². The van der Waals surface area contributed by atoms with Crippen molar-refractivity contribution in [3.8, 4) is 0 Å². The Morgan fingerprint density at radius 2 is 1.85 bits per heavy atom. The van der Waals surface area contributed by atoms with Gasteiger partial charge in [-0.2, -0.15) is 0 Å². The normalized spacial score (nSPS) is 12.4. The lowest BCUT2D eigenvalue weighted by Gasteiger charge is -2.18. The summed E-state index contributed by atoms with van der Waals surface area (Å²) in [5.41, 5.74) is 3.12. The minimum absolute atomic E-state index is 0.00414. The van der Waals surface area contributed by atoms with Gasteiger partial charge in [-0.05, 0) is 41.6 Å². The number of halogens is 1. The van der Waals surface area contributed by atoms with Gasteiger partial charge in [0.15, 0.2) is 5.17 Å². The van der Waals surface area contributed by atoms with E-state index < -0.39 is 0 Å². The summed E-state index contributed by atoms with van der Waals surface area (Å²) in [6.45, 7) is 0.600. The number of hydrogen-bond donors (Lipinski definition) is 2. The molecule has 0 bridgehead atoms. The average Bonchev–Trinajstić information content (AvgIpc) is 2.68. The highest BCUT2D eigenvalue weighted by atomic mass is 35.5. The van der Waals surface area contributed by atoms with E-state index in [1.807, 2.05) is 48.5 Å². The number of nitrogens with one attached hydrogen (secondary N) is 2. The van der Waals surface area contributed by atoms with Crippen molar-refractivity contribution in [2.45, 2.75) is 6.42 Å². The van der Waals surface area contributed by atoms with Crippen LogP contribution in [0, 0.1) is 0 Å². The minimum atomic E-state index is -0.00414. The highest BCUT2D eigenvalue weighted by molar-refractivity contribution is 8.14. The third-order valence-corrected chi connectivity index (χ3v) is 5.46. The van der Waals surface area contributed by atoms with E-state index in [-0.39, 0.29) is 5.91 Å². The summed E-state index contributed by atoms with van der Waals surface area (Å²) in [6, 6.07) is 19.9. The quantitative estimate of drug-likeness (QED) is 0.639. The van der Waals surface area contributed by atoms with E-state index in [1.165, 1.54) is 11.8 Å². The zero-order chi connectivity index (χ0) is 18.6. The summed E-state index contributed by atoms with van der Waals surface area (Å²) in [6.07, 6.45) is 0.780. The largest absolute Gasteiger partial charge is 0.355 e. The smallest absolute Gasteiger partial charge is 0.230 e. The molecule has 2 N–H and O–H groups in total. The molecule has 3 aromatic rings. The fraction of sp³-hybridized carbons (Fsp3) is 0.143. The maximum absolute atomic E-state index is 12.1. The first-order valence-electron chi connectivity index (χ1n) is 8.70. The number of rotatable bonds is 5. The first kappa shape index (κ1) is 17.9. The molecule has 4 rings (SSSR count). The maximum atomic E-state index is 12.1. The molecular weight excluding hydrogens is 378 g/mol. The predicted molar refractivity (Wildman–Crippen MR) is 115 cm³/mol. The van der Waals surface area contributed by atoms with Crippen LogP contribution in [0.1, 0.15) is 5.56 Å². The SMILES string of the molecule is O=C(CSC1=Nc2cccc3cccc(c23)N1)NCCc1ccc(Cl)cc1. The third-order valence-electron chi connectivity index (χ3n) is 4.34. The second kappa shape index (κ2) is 8.03. The number of benzene rings is 3. The Morgan fingerprint density at radius 1 is 1.07 bits per heavy atom. The Labute approximate surface area is 167 Å². The lowest BCUT2D eigenvalue weighted by atomic mass is 10.1. The number of thioether (sulfide) groups is 1. The van der Waals surface area contributed by atoms with Crippen LogP contribution in [0.4, 0.5) is 11.4 Å². The summed E-state index contributed by atoms with van der Waals surface area (Å²) >= 11 is 7.29. The van der Waals surface area contributed by atoms with Crippen molar-refractivity contribution < 1.29 is 4.79 Å². The molecular formula is C21H18ClN3OS. The van der Waals surface area contributed by atoms with Gasteiger partial charge < -0.3 is 10.6 Å². The van der Waals surface area contributed by atoms with Crippen molar-refractivity contribution in [1.29, 1.82) is 0 Å². The van der Waals surface area contributed by atoms with Gasteiger partial charge >= 0.3 is 0 Å². The molecule has 1 aliphatic heterocycles. The van der Waals surface area contributed by atoms with Crippen molar-refractivity contribution in [2.24, 2.45) is 4.99 Å². The van der Waals surface area contributed by atoms with Crippen molar-refractivity contribution in [3.05, 3.63) is 71.2 Å². The van der Waals surface area contributed by atoms with Gasteiger partial charge in [0.2, 0.25) is 5.91 Å². The molecule has 27 heavy (non-hydrogen) atoms. The van der Waals surface area contributed by atoms with E-state index >= 15 is 0 Å². The molecule has 0 aliphatic carbocycles. The number of amides is 1. The van der Waals surface area contributed by atoms with E-state index in [4.69, 9.17) is 11.6 Å². The Morgan fingerprint density at radius 3 is 2.67 bits per heavy atom. The third kappa shape index (κ3) is 4.26. The van der Waals surface area contributed by atoms with Crippen molar-refractivity contribution in [1.82, 2.24) is 5.32 Å². The second-order valence-corrected chi connectivity index (χ2v) is 7.64. The van der Waals surface area contributed by atoms with Gasteiger partial charge in [-0.25, -0.2) is 4.99 Å². The molecule has 6 heteroatoms. The van der Waals surface area contributed by atoms with E-state index in [1.54, 1.807) is 0 Å². The number of carbonyl (C=O) groups is 1. The predicted octanol–water partition coefficient (Wildman–Crippen LogP) is 5.00. The summed E-state index contributed by atoms with van der Waals surface area (Å²) in [5, 5.41) is 10.0. The van der Waals surface area contributed by atoms with E-state index in [9.17, 15) is 4.79 Å². The van der Waals surface area contributed by atoms with Gasteiger partial charge in [-0.3, -0.25) is 4.79 Å². The molecule has 1 heterocycles. The van der Waals surface area contributed by atoms with Crippen LogP contribution in [-0.4, -0.2) is 23.4 Å². The molecule has 0 saturated carbocycles. The fourth-order valence-corrected chi connectivity index (χ4v) is 3.86. The zero-order valence-electron chi connectivity index (χ0n) is 14.5. The van der Waals surface area contributed by atoms with Crippen molar-refractivity contribution in [2.75, 3.05) is 17.6 Å². The van der Waals surface area contributed by atoms with Crippen LogP contribution in [0.3, 0.4) is 0 Å².